The molecule has 1 N–H and O–H groups in total. The minimum absolute atomic E-state index is 0.242. The number of anilines is 1. The van der Waals surface area contributed by atoms with Crippen LogP contribution in [-0.2, 0) is 14.3 Å². The van der Waals surface area contributed by atoms with E-state index >= 15 is 0 Å². The molecule has 2 bridgehead atoms. The lowest BCUT2D eigenvalue weighted by Crippen LogP contribution is -2.39. The van der Waals surface area contributed by atoms with Gasteiger partial charge in [0, 0.05) is 0 Å². The maximum atomic E-state index is 12.8. The summed E-state index contributed by atoms with van der Waals surface area (Å²) in [6.45, 7) is 0.242. The summed E-state index contributed by atoms with van der Waals surface area (Å²) in [5, 5.41) is 18.6. The third-order valence-corrected chi connectivity index (χ3v) is 4.70. The largest absolute Gasteiger partial charge is 0.481 e. The summed E-state index contributed by atoms with van der Waals surface area (Å²) in [5.41, 5.74) is 0.00823. The highest BCUT2D eigenvalue weighted by atomic mass is 16.5. The van der Waals surface area contributed by atoms with E-state index in [9.17, 15) is 20.0 Å². The molecule has 3 aliphatic heterocycles. The van der Waals surface area contributed by atoms with E-state index in [2.05, 4.69) is 6.07 Å². The molecule has 1 amide bonds. The van der Waals surface area contributed by atoms with Crippen molar-refractivity contribution in [3.63, 3.8) is 0 Å². The van der Waals surface area contributed by atoms with Gasteiger partial charge >= 0.3 is 5.97 Å². The molecular weight excluding hydrogens is 284 g/mol. The fourth-order valence-electron chi connectivity index (χ4n) is 3.79. The van der Waals surface area contributed by atoms with Crippen LogP contribution in [0.5, 0.6) is 0 Å². The highest BCUT2D eigenvalue weighted by molar-refractivity contribution is 6.03. The van der Waals surface area contributed by atoms with E-state index in [1.807, 2.05) is 0 Å². The molecule has 0 aromatic heterocycles. The SMILES string of the molecule is N#Cc1ccccc1N1C[C@]23C=C[C@H](O2)[C@H](C(=O)O)[C@@H]3C1=O. The van der Waals surface area contributed by atoms with Crippen molar-refractivity contribution in [3.05, 3.63) is 42.0 Å². The molecule has 4 rings (SSSR count). The van der Waals surface area contributed by atoms with Crippen molar-refractivity contribution in [2.45, 2.75) is 11.7 Å². The van der Waals surface area contributed by atoms with Gasteiger partial charge in [0.25, 0.3) is 0 Å². The number of carbonyl (C=O) groups is 2. The second-order valence-corrected chi connectivity index (χ2v) is 5.79. The summed E-state index contributed by atoms with van der Waals surface area (Å²) in [4.78, 5) is 25.8. The Morgan fingerprint density at radius 1 is 1.45 bits per heavy atom. The molecule has 6 heteroatoms. The molecule has 3 heterocycles. The van der Waals surface area contributed by atoms with Crippen LogP contribution in [0.2, 0.25) is 0 Å². The topological polar surface area (TPSA) is 90.6 Å². The number of carboxylic acid groups (broad SMARTS) is 1. The number of nitriles is 1. The van der Waals surface area contributed by atoms with Gasteiger partial charge in [-0.15, -0.1) is 0 Å². The van der Waals surface area contributed by atoms with Crippen molar-refractivity contribution < 1.29 is 19.4 Å². The Bertz CT molecular complexity index is 766. The summed E-state index contributed by atoms with van der Waals surface area (Å²) >= 11 is 0. The predicted octanol–water partition coefficient (Wildman–Crippen LogP) is 0.929. The highest BCUT2D eigenvalue weighted by Gasteiger charge is 2.67. The summed E-state index contributed by atoms with van der Waals surface area (Å²) < 4.78 is 5.82. The Balaban J connectivity index is 1.79. The van der Waals surface area contributed by atoms with E-state index in [4.69, 9.17) is 4.74 Å². The van der Waals surface area contributed by atoms with Gasteiger partial charge in [-0.25, -0.2) is 0 Å². The first kappa shape index (κ1) is 13.0. The van der Waals surface area contributed by atoms with Gasteiger partial charge in [0.05, 0.1) is 29.8 Å². The molecule has 6 nitrogen and oxygen atoms in total. The van der Waals surface area contributed by atoms with E-state index < -0.39 is 29.5 Å². The van der Waals surface area contributed by atoms with Gasteiger partial charge in [-0.2, -0.15) is 5.26 Å². The second kappa shape index (κ2) is 4.18. The molecule has 1 spiro atoms. The molecule has 2 fully saturated rings. The van der Waals surface area contributed by atoms with Gasteiger partial charge in [0.15, 0.2) is 0 Å². The van der Waals surface area contributed by atoms with Crippen molar-refractivity contribution in [2.75, 3.05) is 11.4 Å². The van der Waals surface area contributed by atoms with Gasteiger partial charge in [-0.3, -0.25) is 9.59 Å². The van der Waals surface area contributed by atoms with Gasteiger partial charge < -0.3 is 14.7 Å². The minimum atomic E-state index is -1.02. The van der Waals surface area contributed by atoms with Crippen LogP contribution in [0.15, 0.2) is 36.4 Å². The van der Waals surface area contributed by atoms with Crippen molar-refractivity contribution in [1.29, 1.82) is 5.26 Å². The van der Waals surface area contributed by atoms with E-state index in [1.54, 1.807) is 36.4 Å². The standard InChI is InChI=1S/C16H12N2O4/c17-7-9-3-1-2-4-10(9)18-8-16-6-5-11(22-16)12(15(20)21)13(16)14(18)19/h1-6,11-13H,8H2,(H,20,21)/t11-,12-,13+,16-/m0/s1. The lowest BCUT2D eigenvalue weighted by Gasteiger charge is -2.22. The molecule has 110 valence electrons. The Kier molecular flexibility index (Phi) is 2.48. The van der Waals surface area contributed by atoms with Gasteiger partial charge in [-0.1, -0.05) is 24.3 Å². The van der Waals surface area contributed by atoms with E-state index in [-0.39, 0.29) is 12.5 Å². The van der Waals surface area contributed by atoms with Crippen LogP contribution in [-0.4, -0.2) is 35.2 Å². The quantitative estimate of drug-likeness (QED) is 0.820. The van der Waals surface area contributed by atoms with Crippen molar-refractivity contribution in [1.82, 2.24) is 0 Å². The fraction of sp³-hybridized carbons (Fsp3) is 0.312. The summed E-state index contributed by atoms with van der Waals surface area (Å²) in [7, 11) is 0. The highest BCUT2D eigenvalue weighted by Crippen LogP contribution is 2.52. The van der Waals surface area contributed by atoms with Crippen LogP contribution in [0.4, 0.5) is 5.69 Å². The van der Waals surface area contributed by atoms with E-state index in [1.165, 1.54) is 4.90 Å². The number of fused-ring (bicyclic) bond motifs is 1. The molecule has 2 saturated heterocycles. The molecule has 1 aromatic carbocycles. The maximum absolute atomic E-state index is 12.8. The van der Waals surface area contributed by atoms with Crippen molar-refractivity contribution in [2.24, 2.45) is 11.8 Å². The first-order valence-corrected chi connectivity index (χ1v) is 6.98. The first-order chi connectivity index (χ1) is 10.6. The lowest BCUT2D eigenvalue weighted by molar-refractivity contribution is -0.146. The number of amides is 1. The normalized spacial score (nSPS) is 34.8. The minimum Gasteiger partial charge on any atom is -0.481 e. The number of carboxylic acids is 1. The molecule has 0 unspecified atom stereocenters. The number of ether oxygens (including phenoxy) is 1. The van der Waals surface area contributed by atoms with Crippen molar-refractivity contribution >= 4 is 17.6 Å². The zero-order chi connectivity index (χ0) is 15.5. The Hall–Kier alpha value is -2.65. The molecular formula is C16H12N2O4. The number of carbonyl (C=O) groups excluding carboxylic acids is 1. The van der Waals surface area contributed by atoms with E-state index in [0.717, 1.165) is 0 Å². The average molecular weight is 296 g/mol. The number of benzene rings is 1. The van der Waals surface area contributed by atoms with E-state index in [0.29, 0.717) is 11.3 Å². The molecule has 0 saturated carbocycles. The van der Waals surface area contributed by atoms with Crippen LogP contribution in [0.3, 0.4) is 0 Å². The van der Waals surface area contributed by atoms with Crippen LogP contribution < -0.4 is 4.90 Å². The number of nitrogens with zero attached hydrogens (tertiary/aromatic N) is 2. The number of aliphatic carboxylic acids is 1. The van der Waals surface area contributed by atoms with Crippen LogP contribution >= 0.6 is 0 Å². The molecule has 0 radical (unpaired) electrons. The van der Waals surface area contributed by atoms with Crippen LogP contribution in [0, 0.1) is 23.2 Å². The Labute approximate surface area is 126 Å². The lowest BCUT2D eigenvalue weighted by atomic mass is 9.77. The third kappa shape index (κ3) is 1.46. The fourth-order valence-corrected chi connectivity index (χ4v) is 3.79. The Morgan fingerprint density at radius 2 is 2.23 bits per heavy atom. The molecule has 1 aromatic rings. The number of rotatable bonds is 2. The summed E-state index contributed by atoms with van der Waals surface area (Å²) in [6, 6.07) is 8.87. The average Bonchev–Trinajstić information content (AvgIpc) is 3.15. The molecule has 22 heavy (non-hydrogen) atoms. The number of hydrogen-bond donors (Lipinski definition) is 1. The zero-order valence-corrected chi connectivity index (χ0v) is 11.5. The predicted molar refractivity (Wildman–Crippen MR) is 74.9 cm³/mol. The molecule has 0 aliphatic carbocycles. The monoisotopic (exact) mass is 296 g/mol. The van der Waals surface area contributed by atoms with Crippen LogP contribution in [0.25, 0.3) is 0 Å². The van der Waals surface area contributed by atoms with Gasteiger partial charge in [0.1, 0.15) is 17.6 Å². The smallest absolute Gasteiger partial charge is 0.310 e. The number of hydrogen-bond acceptors (Lipinski definition) is 4. The number of para-hydroxylation sites is 1. The van der Waals surface area contributed by atoms with Crippen LogP contribution in [0.1, 0.15) is 5.56 Å². The maximum Gasteiger partial charge on any atom is 0.310 e. The summed E-state index contributed by atoms with van der Waals surface area (Å²) in [5.74, 6) is -2.91. The van der Waals surface area contributed by atoms with Gasteiger partial charge in [0.2, 0.25) is 5.91 Å². The summed E-state index contributed by atoms with van der Waals surface area (Å²) in [6.07, 6.45) is 2.98. The third-order valence-electron chi connectivity index (χ3n) is 4.70. The van der Waals surface area contributed by atoms with Crippen molar-refractivity contribution in [3.8, 4) is 6.07 Å². The Morgan fingerprint density at radius 3 is 2.95 bits per heavy atom. The molecule has 3 aliphatic rings. The zero-order valence-electron chi connectivity index (χ0n) is 11.5. The molecule has 4 atom stereocenters. The first-order valence-electron chi connectivity index (χ1n) is 6.98. The van der Waals surface area contributed by atoms with Gasteiger partial charge in [-0.05, 0) is 12.1 Å². The second-order valence-electron chi connectivity index (χ2n) is 5.79.